The summed E-state index contributed by atoms with van der Waals surface area (Å²) in [5.41, 5.74) is 4.29. The molecule has 35 heavy (non-hydrogen) atoms. The molecule has 1 aliphatic rings. The molecule has 0 spiro atoms. The average molecular weight is 494 g/mol. The van der Waals surface area contributed by atoms with Gasteiger partial charge in [0.1, 0.15) is 23.6 Å². The van der Waals surface area contributed by atoms with Crippen LogP contribution in [0.5, 0.6) is 11.5 Å². The van der Waals surface area contributed by atoms with Gasteiger partial charge in [-0.2, -0.15) is 13.2 Å². The Hall–Kier alpha value is -3.34. The molecule has 188 valence electrons. The smallest absolute Gasteiger partial charge is 0.419 e. The van der Waals surface area contributed by atoms with Crippen molar-refractivity contribution in [3.63, 3.8) is 0 Å². The highest BCUT2D eigenvalue weighted by atomic mass is 19.4. The molecule has 1 aromatic heterocycles. The van der Waals surface area contributed by atoms with Crippen LogP contribution in [0.1, 0.15) is 30.3 Å². The Balaban J connectivity index is 1.68. The number of hydrogen-bond donors (Lipinski definition) is 2. The summed E-state index contributed by atoms with van der Waals surface area (Å²) in [6.45, 7) is 4.65. The van der Waals surface area contributed by atoms with E-state index in [1.54, 1.807) is 19.1 Å². The van der Waals surface area contributed by atoms with Gasteiger partial charge in [0, 0.05) is 41.8 Å². The van der Waals surface area contributed by atoms with Crippen molar-refractivity contribution in [3.05, 3.63) is 47.0 Å². The molecule has 7 nitrogen and oxygen atoms in total. The predicted molar refractivity (Wildman–Crippen MR) is 123 cm³/mol. The number of nitrogens with zero attached hydrogens (tertiary/aromatic N) is 2. The molecule has 1 unspecified atom stereocenters. The molecule has 3 N–H and O–H groups in total. The average Bonchev–Trinajstić information content (AvgIpc) is 3.33. The molecule has 1 saturated heterocycles. The van der Waals surface area contributed by atoms with Gasteiger partial charge in [-0.15, -0.1) is 0 Å². The maximum absolute atomic E-state index is 14.6. The van der Waals surface area contributed by atoms with Crippen LogP contribution in [0.3, 0.4) is 0 Å². The second-order valence-corrected chi connectivity index (χ2v) is 8.48. The Kier molecular flexibility index (Phi) is 6.88. The van der Waals surface area contributed by atoms with E-state index in [-0.39, 0.29) is 29.8 Å². The molecule has 11 heteroatoms. The van der Waals surface area contributed by atoms with Crippen LogP contribution >= 0.6 is 0 Å². The molecule has 2 heterocycles. The number of nitrogen functional groups attached to an aromatic ring is 1. The normalized spacial score (nSPS) is 16.9. The van der Waals surface area contributed by atoms with Crippen LogP contribution in [0.25, 0.3) is 10.9 Å². The fourth-order valence-electron chi connectivity index (χ4n) is 4.08. The molecule has 4 rings (SSSR count). The minimum Gasteiger partial charge on any atom is -0.493 e. The van der Waals surface area contributed by atoms with Gasteiger partial charge in [0.15, 0.2) is 11.5 Å². The van der Waals surface area contributed by atoms with Crippen LogP contribution < -0.4 is 20.5 Å². The fourth-order valence-corrected chi connectivity index (χ4v) is 4.08. The van der Waals surface area contributed by atoms with Crippen LogP contribution in [-0.4, -0.2) is 36.4 Å². The summed E-state index contributed by atoms with van der Waals surface area (Å²) >= 11 is 0. The van der Waals surface area contributed by atoms with E-state index < -0.39 is 17.6 Å². The van der Waals surface area contributed by atoms with Crippen LogP contribution in [0.2, 0.25) is 0 Å². The van der Waals surface area contributed by atoms with Gasteiger partial charge in [-0.05, 0) is 38.5 Å². The first kappa shape index (κ1) is 24.8. The van der Waals surface area contributed by atoms with E-state index in [0.29, 0.717) is 53.3 Å². The number of alkyl halides is 3. The zero-order chi connectivity index (χ0) is 25.3. The van der Waals surface area contributed by atoms with Crippen molar-refractivity contribution in [2.24, 2.45) is 5.92 Å². The second-order valence-electron chi connectivity index (χ2n) is 8.48. The summed E-state index contributed by atoms with van der Waals surface area (Å²) in [7, 11) is 1.52. The first-order valence-corrected chi connectivity index (χ1v) is 11.1. The Morgan fingerprint density at radius 2 is 1.97 bits per heavy atom. The standard InChI is InChI=1S/C24H26F4N4O3/c1-12(14-4-5-34-11-14)35-21-8-17-19(9-20(21)33-3)31-13(2)32-23(17)30-10-15-6-16(29)7-18(22(15)25)24(26,27)28/h6-9,12,14H,4-5,10-11,29H2,1-3H3,(H,30,31,32)/t12?,14-/m1/s1. The van der Waals surface area contributed by atoms with Crippen LogP contribution in [0.15, 0.2) is 24.3 Å². The van der Waals surface area contributed by atoms with Gasteiger partial charge in [0.05, 0.1) is 24.8 Å². The lowest BCUT2D eigenvalue weighted by atomic mass is 10.0. The van der Waals surface area contributed by atoms with E-state index >= 15 is 0 Å². The second kappa shape index (κ2) is 9.73. The van der Waals surface area contributed by atoms with Gasteiger partial charge in [-0.3, -0.25) is 0 Å². The number of rotatable bonds is 7. The molecule has 0 aliphatic carbocycles. The number of hydrogen-bond acceptors (Lipinski definition) is 7. The molecule has 1 fully saturated rings. The van der Waals surface area contributed by atoms with Crippen molar-refractivity contribution in [1.82, 2.24) is 9.97 Å². The quantitative estimate of drug-likeness (QED) is 0.349. The van der Waals surface area contributed by atoms with Gasteiger partial charge < -0.3 is 25.3 Å². The Bertz CT molecular complexity index is 1230. The first-order valence-electron chi connectivity index (χ1n) is 11.1. The fraction of sp³-hybridized carbons (Fsp3) is 0.417. The number of benzene rings is 2. The number of nitrogens with one attached hydrogen (secondary N) is 1. The van der Waals surface area contributed by atoms with Gasteiger partial charge in [-0.25, -0.2) is 14.4 Å². The number of halogens is 4. The highest BCUT2D eigenvalue weighted by Gasteiger charge is 2.35. The Morgan fingerprint density at radius 1 is 1.20 bits per heavy atom. The topological polar surface area (TPSA) is 91.5 Å². The minimum absolute atomic E-state index is 0.145. The van der Waals surface area contributed by atoms with Gasteiger partial charge >= 0.3 is 6.18 Å². The maximum atomic E-state index is 14.6. The number of aromatic nitrogens is 2. The number of nitrogens with two attached hydrogens (primary N) is 1. The van der Waals surface area contributed by atoms with Gasteiger partial charge in [0.25, 0.3) is 0 Å². The lowest BCUT2D eigenvalue weighted by Crippen LogP contribution is -2.24. The third-order valence-electron chi connectivity index (χ3n) is 5.96. The summed E-state index contributed by atoms with van der Waals surface area (Å²) in [5, 5.41) is 3.48. The molecule has 3 aromatic rings. The van der Waals surface area contributed by atoms with Crippen LogP contribution in [-0.2, 0) is 17.5 Å². The van der Waals surface area contributed by atoms with E-state index in [0.717, 1.165) is 12.5 Å². The number of fused-ring (bicyclic) bond motifs is 1. The third-order valence-corrected chi connectivity index (χ3v) is 5.96. The first-order chi connectivity index (χ1) is 16.6. The highest BCUT2D eigenvalue weighted by molar-refractivity contribution is 5.91. The summed E-state index contributed by atoms with van der Waals surface area (Å²) < 4.78 is 71.3. The Morgan fingerprint density at radius 3 is 2.63 bits per heavy atom. The summed E-state index contributed by atoms with van der Waals surface area (Å²) in [5.74, 6) is 0.515. The highest BCUT2D eigenvalue weighted by Crippen LogP contribution is 2.37. The molecular formula is C24H26F4N4O3. The summed E-state index contributed by atoms with van der Waals surface area (Å²) in [6.07, 6.45) is -4.12. The van der Waals surface area contributed by atoms with E-state index in [1.807, 2.05) is 6.92 Å². The molecule has 1 aliphatic heterocycles. The minimum atomic E-state index is -4.86. The van der Waals surface area contributed by atoms with Crippen molar-refractivity contribution in [1.29, 1.82) is 0 Å². The van der Waals surface area contributed by atoms with E-state index in [4.69, 9.17) is 19.9 Å². The number of anilines is 2. The molecular weight excluding hydrogens is 468 g/mol. The number of aryl methyl sites for hydroxylation is 1. The zero-order valence-electron chi connectivity index (χ0n) is 19.5. The van der Waals surface area contributed by atoms with E-state index in [1.165, 1.54) is 7.11 Å². The summed E-state index contributed by atoms with van der Waals surface area (Å²) in [4.78, 5) is 8.80. The van der Waals surface area contributed by atoms with E-state index in [9.17, 15) is 17.6 Å². The monoisotopic (exact) mass is 494 g/mol. The molecule has 0 saturated carbocycles. The zero-order valence-corrected chi connectivity index (χ0v) is 19.5. The van der Waals surface area contributed by atoms with Crippen LogP contribution in [0.4, 0.5) is 29.1 Å². The van der Waals surface area contributed by atoms with Crippen molar-refractivity contribution < 1.29 is 31.8 Å². The van der Waals surface area contributed by atoms with Gasteiger partial charge in [0.2, 0.25) is 0 Å². The lowest BCUT2D eigenvalue weighted by Gasteiger charge is -2.22. The van der Waals surface area contributed by atoms with Crippen molar-refractivity contribution in [2.75, 3.05) is 31.4 Å². The third kappa shape index (κ3) is 5.34. The molecule has 0 bridgehead atoms. The maximum Gasteiger partial charge on any atom is 0.419 e. The predicted octanol–water partition coefficient (Wildman–Crippen LogP) is 5.10. The lowest BCUT2D eigenvalue weighted by molar-refractivity contribution is -0.140. The van der Waals surface area contributed by atoms with Crippen LogP contribution in [0, 0.1) is 18.7 Å². The molecule has 2 aromatic carbocycles. The number of ether oxygens (including phenoxy) is 3. The van der Waals surface area contributed by atoms with Crippen molar-refractivity contribution in [2.45, 2.75) is 39.1 Å². The SMILES string of the molecule is COc1cc2nc(C)nc(NCc3cc(N)cc(C(F)(F)F)c3F)c2cc1OC(C)[C@@H]1CCOC1. The summed E-state index contributed by atoms with van der Waals surface area (Å²) in [6, 6.07) is 5.15. The largest absolute Gasteiger partial charge is 0.493 e. The van der Waals surface area contributed by atoms with Crippen molar-refractivity contribution in [3.8, 4) is 11.5 Å². The van der Waals surface area contributed by atoms with E-state index in [2.05, 4.69) is 15.3 Å². The molecule has 0 amide bonds. The number of methoxy groups -OCH3 is 1. The van der Waals surface area contributed by atoms with Gasteiger partial charge in [-0.1, -0.05) is 0 Å². The Labute approximate surface area is 199 Å². The molecule has 2 atom stereocenters. The molecule has 0 radical (unpaired) electrons. The van der Waals surface area contributed by atoms with Crippen molar-refractivity contribution >= 4 is 22.4 Å².